The normalized spacial score (nSPS) is 24.7. The highest BCUT2D eigenvalue weighted by Crippen LogP contribution is 2.44. The van der Waals surface area contributed by atoms with Gasteiger partial charge in [0.1, 0.15) is 6.61 Å². The number of ether oxygens (including phenoxy) is 1. The average Bonchev–Trinajstić information content (AvgIpc) is 3.39. The van der Waals surface area contributed by atoms with Gasteiger partial charge in [0.25, 0.3) is 0 Å². The van der Waals surface area contributed by atoms with Gasteiger partial charge in [0, 0.05) is 24.9 Å². The van der Waals surface area contributed by atoms with E-state index in [0.29, 0.717) is 19.4 Å². The third-order valence-electron chi connectivity index (χ3n) is 7.48. The van der Waals surface area contributed by atoms with E-state index in [1.807, 2.05) is 24.3 Å². The summed E-state index contributed by atoms with van der Waals surface area (Å²) >= 11 is 0. The molecule has 0 bridgehead atoms. The van der Waals surface area contributed by atoms with E-state index in [2.05, 4.69) is 34.9 Å². The van der Waals surface area contributed by atoms with Crippen molar-refractivity contribution >= 4 is 18.0 Å². The number of rotatable bonds is 8. The molecule has 2 fully saturated rings. The van der Waals surface area contributed by atoms with Gasteiger partial charge < -0.3 is 20.5 Å². The second kappa shape index (κ2) is 9.49. The molecule has 178 valence electrons. The summed E-state index contributed by atoms with van der Waals surface area (Å²) in [4.78, 5) is 35.6. The number of benzene rings is 2. The van der Waals surface area contributed by atoms with Crippen LogP contribution in [0.3, 0.4) is 0 Å². The van der Waals surface area contributed by atoms with Crippen LogP contribution >= 0.6 is 0 Å². The van der Waals surface area contributed by atoms with Gasteiger partial charge in [0.15, 0.2) is 0 Å². The molecule has 7 heteroatoms. The first-order valence-corrected chi connectivity index (χ1v) is 12.1. The highest BCUT2D eigenvalue weighted by Gasteiger charge is 2.43. The van der Waals surface area contributed by atoms with Crippen LogP contribution in [0.5, 0.6) is 0 Å². The molecule has 0 saturated heterocycles. The number of nitrogens with one attached hydrogen (secondary N) is 2. The van der Waals surface area contributed by atoms with Crippen LogP contribution in [-0.2, 0) is 14.3 Å². The predicted molar refractivity (Wildman–Crippen MR) is 126 cm³/mol. The number of amides is 2. The zero-order valence-electron chi connectivity index (χ0n) is 19.0. The fraction of sp³-hybridized carbons (Fsp3) is 0.444. The molecule has 2 aromatic carbocycles. The van der Waals surface area contributed by atoms with E-state index >= 15 is 0 Å². The SMILES string of the molecule is O=C(C[C@H]1CC[C@@H](NC(=O)OCC2c3ccccc3-c3ccccc32)C1)NC[C@@H]1C[C@@H]1C(=O)O. The molecular weight excluding hydrogens is 432 g/mol. The van der Waals surface area contributed by atoms with Crippen molar-refractivity contribution < 1.29 is 24.2 Å². The first kappa shape index (κ1) is 22.4. The monoisotopic (exact) mass is 462 g/mol. The number of aliphatic carboxylic acids is 1. The molecule has 7 nitrogen and oxygen atoms in total. The largest absolute Gasteiger partial charge is 0.481 e. The molecular formula is C27H30N2O5. The smallest absolute Gasteiger partial charge is 0.407 e. The summed E-state index contributed by atoms with van der Waals surface area (Å²) in [5.74, 6) is -0.815. The van der Waals surface area contributed by atoms with Crippen LogP contribution in [0.1, 0.15) is 49.1 Å². The quantitative estimate of drug-likeness (QED) is 0.552. The Kier molecular flexibility index (Phi) is 6.26. The second-order valence-electron chi connectivity index (χ2n) is 9.79. The third kappa shape index (κ3) is 4.79. The minimum absolute atomic E-state index is 0.00766. The maximum atomic E-state index is 12.5. The van der Waals surface area contributed by atoms with Gasteiger partial charge in [-0.3, -0.25) is 9.59 Å². The standard InChI is InChI=1S/C27H30N2O5/c30-25(28-14-17-13-23(17)26(31)32)12-16-9-10-18(11-16)29-27(33)34-15-24-21-7-3-1-5-19(21)20-6-2-4-8-22(20)24/h1-8,16-18,23-24H,9-15H2,(H,28,30)(H,29,33)(H,31,32)/t16-,17-,18+,23-/m0/s1. The fourth-order valence-corrected chi connectivity index (χ4v) is 5.55. The molecule has 4 atom stereocenters. The molecule has 3 N–H and O–H groups in total. The number of carboxylic acids is 1. The van der Waals surface area contributed by atoms with Crippen LogP contribution in [0.15, 0.2) is 48.5 Å². The summed E-state index contributed by atoms with van der Waals surface area (Å²) in [6, 6.07) is 16.5. The predicted octanol–water partition coefficient (Wildman–Crippen LogP) is 3.92. The van der Waals surface area contributed by atoms with E-state index in [-0.39, 0.29) is 42.2 Å². The number of alkyl carbamates (subject to hydrolysis) is 1. The van der Waals surface area contributed by atoms with Gasteiger partial charge in [-0.1, -0.05) is 48.5 Å². The fourth-order valence-electron chi connectivity index (χ4n) is 5.55. The van der Waals surface area contributed by atoms with Gasteiger partial charge in [-0.15, -0.1) is 0 Å². The second-order valence-corrected chi connectivity index (χ2v) is 9.79. The number of hydrogen-bond donors (Lipinski definition) is 3. The number of hydrogen-bond acceptors (Lipinski definition) is 4. The Balaban J connectivity index is 1.06. The summed E-state index contributed by atoms with van der Waals surface area (Å²) in [6.45, 7) is 0.723. The lowest BCUT2D eigenvalue weighted by atomic mass is 9.98. The Labute approximate surface area is 198 Å². The first-order valence-electron chi connectivity index (χ1n) is 12.1. The van der Waals surface area contributed by atoms with Crippen molar-refractivity contribution in [1.29, 1.82) is 0 Å². The van der Waals surface area contributed by atoms with Crippen LogP contribution in [-0.4, -0.2) is 42.3 Å². The number of carbonyl (C=O) groups is 3. The number of carboxylic acid groups (broad SMARTS) is 1. The molecule has 0 radical (unpaired) electrons. The van der Waals surface area contributed by atoms with Crippen LogP contribution < -0.4 is 10.6 Å². The Morgan fingerprint density at radius 1 is 0.941 bits per heavy atom. The summed E-state index contributed by atoms with van der Waals surface area (Å²) < 4.78 is 5.64. The van der Waals surface area contributed by atoms with Crippen LogP contribution in [0.2, 0.25) is 0 Å². The minimum Gasteiger partial charge on any atom is -0.481 e. The molecule has 2 aromatic rings. The van der Waals surface area contributed by atoms with Crippen molar-refractivity contribution in [3.05, 3.63) is 59.7 Å². The molecule has 2 amide bonds. The van der Waals surface area contributed by atoms with Crippen molar-refractivity contribution in [3.63, 3.8) is 0 Å². The van der Waals surface area contributed by atoms with Gasteiger partial charge >= 0.3 is 12.1 Å². The third-order valence-corrected chi connectivity index (χ3v) is 7.48. The molecule has 0 spiro atoms. The van der Waals surface area contributed by atoms with Crippen molar-refractivity contribution in [1.82, 2.24) is 10.6 Å². The van der Waals surface area contributed by atoms with Crippen molar-refractivity contribution in [2.24, 2.45) is 17.8 Å². The van der Waals surface area contributed by atoms with Crippen molar-refractivity contribution in [3.8, 4) is 11.1 Å². The molecule has 5 rings (SSSR count). The first-order chi connectivity index (χ1) is 16.5. The lowest BCUT2D eigenvalue weighted by molar-refractivity contribution is -0.139. The summed E-state index contributed by atoms with van der Waals surface area (Å²) in [5.41, 5.74) is 4.77. The van der Waals surface area contributed by atoms with E-state index < -0.39 is 12.1 Å². The lowest BCUT2D eigenvalue weighted by Gasteiger charge is -2.17. The molecule has 0 aromatic heterocycles. The zero-order chi connectivity index (χ0) is 23.7. The molecule has 0 heterocycles. The topological polar surface area (TPSA) is 105 Å². The molecule has 0 aliphatic heterocycles. The molecule has 2 saturated carbocycles. The zero-order valence-corrected chi connectivity index (χ0v) is 19.0. The Bertz CT molecular complexity index is 1050. The van der Waals surface area contributed by atoms with Gasteiger partial charge in [0.2, 0.25) is 5.91 Å². The van der Waals surface area contributed by atoms with E-state index in [1.54, 1.807) is 0 Å². The van der Waals surface area contributed by atoms with E-state index in [0.717, 1.165) is 19.3 Å². The Hall–Kier alpha value is -3.35. The highest BCUT2D eigenvalue weighted by atomic mass is 16.5. The van der Waals surface area contributed by atoms with Crippen LogP contribution in [0.4, 0.5) is 4.79 Å². The maximum absolute atomic E-state index is 12.5. The van der Waals surface area contributed by atoms with Crippen LogP contribution in [0.25, 0.3) is 11.1 Å². The van der Waals surface area contributed by atoms with Gasteiger partial charge in [-0.05, 0) is 59.8 Å². The maximum Gasteiger partial charge on any atom is 0.407 e. The lowest BCUT2D eigenvalue weighted by Crippen LogP contribution is -2.34. The molecule has 3 aliphatic rings. The van der Waals surface area contributed by atoms with Gasteiger partial charge in [-0.2, -0.15) is 0 Å². The highest BCUT2D eigenvalue weighted by molar-refractivity contribution is 5.79. The summed E-state index contributed by atoms with van der Waals surface area (Å²) in [5, 5.41) is 14.8. The van der Waals surface area contributed by atoms with E-state index in [4.69, 9.17) is 9.84 Å². The van der Waals surface area contributed by atoms with E-state index in [1.165, 1.54) is 22.3 Å². The molecule has 34 heavy (non-hydrogen) atoms. The van der Waals surface area contributed by atoms with Crippen molar-refractivity contribution in [2.75, 3.05) is 13.2 Å². The van der Waals surface area contributed by atoms with Gasteiger partial charge in [-0.25, -0.2) is 4.79 Å². The minimum atomic E-state index is -0.780. The summed E-state index contributed by atoms with van der Waals surface area (Å²) in [6.07, 6.45) is 3.09. The Morgan fingerprint density at radius 2 is 1.62 bits per heavy atom. The molecule has 3 aliphatic carbocycles. The number of carbonyl (C=O) groups excluding carboxylic acids is 2. The van der Waals surface area contributed by atoms with Crippen molar-refractivity contribution in [2.45, 2.75) is 44.1 Å². The van der Waals surface area contributed by atoms with Gasteiger partial charge in [0.05, 0.1) is 5.92 Å². The molecule has 0 unspecified atom stereocenters. The summed E-state index contributed by atoms with van der Waals surface area (Å²) in [7, 11) is 0. The average molecular weight is 463 g/mol. The van der Waals surface area contributed by atoms with Crippen LogP contribution in [0, 0.1) is 17.8 Å². The number of fused-ring (bicyclic) bond motifs is 3. The van der Waals surface area contributed by atoms with E-state index in [9.17, 15) is 14.4 Å². The Morgan fingerprint density at radius 3 is 2.26 bits per heavy atom.